The standard InChI is InChI=1S/C15H12Cl2F2N2O3/c1-23-9-5-3-7(16)13(11(9)18)21(15(20)22)14-8(17)4-6-10(24-2)12(14)19/h3-6H,1-2H3,(H2,20,22). The first kappa shape index (κ1) is 18.1. The smallest absolute Gasteiger partial charge is 0.324 e. The second-order valence-electron chi connectivity index (χ2n) is 4.50. The quantitative estimate of drug-likeness (QED) is 0.853. The van der Waals surface area contributed by atoms with Gasteiger partial charge in [0.15, 0.2) is 23.1 Å². The van der Waals surface area contributed by atoms with Gasteiger partial charge in [0.1, 0.15) is 11.4 Å². The van der Waals surface area contributed by atoms with E-state index in [2.05, 4.69) is 0 Å². The van der Waals surface area contributed by atoms with Crippen LogP contribution in [-0.4, -0.2) is 20.3 Å². The number of carbonyl (C=O) groups is 1. The molecule has 9 heteroatoms. The zero-order chi connectivity index (χ0) is 18.0. The van der Waals surface area contributed by atoms with Gasteiger partial charge in [-0.15, -0.1) is 0 Å². The maximum Gasteiger partial charge on any atom is 0.324 e. The van der Waals surface area contributed by atoms with Crippen molar-refractivity contribution in [1.82, 2.24) is 0 Å². The van der Waals surface area contributed by atoms with Crippen LogP contribution in [0, 0.1) is 11.6 Å². The lowest BCUT2D eigenvalue weighted by Gasteiger charge is -2.25. The highest BCUT2D eigenvalue weighted by Gasteiger charge is 2.30. The number of carbonyl (C=O) groups excluding carboxylic acids is 1. The summed E-state index contributed by atoms with van der Waals surface area (Å²) in [5.41, 5.74) is 4.34. The first-order valence-electron chi connectivity index (χ1n) is 6.47. The molecule has 128 valence electrons. The van der Waals surface area contributed by atoms with Gasteiger partial charge < -0.3 is 15.2 Å². The van der Waals surface area contributed by atoms with Crippen LogP contribution >= 0.6 is 23.2 Å². The molecule has 2 N–H and O–H groups in total. The van der Waals surface area contributed by atoms with Gasteiger partial charge in [0.2, 0.25) is 0 Å². The van der Waals surface area contributed by atoms with Crippen molar-refractivity contribution in [3.05, 3.63) is 45.9 Å². The zero-order valence-electron chi connectivity index (χ0n) is 12.6. The van der Waals surface area contributed by atoms with Gasteiger partial charge in [0.25, 0.3) is 0 Å². The van der Waals surface area contributed by atoms with E-state index in [4.69, 9.17) is 38.4 Å². The van der Waals surface area contributed by atoms with Gasteiger partial charge in [-0.05, 0) is 24.3 Å². The lowest BCUT2D eigenvalue weighted by molar-refractivity contribution is 0.255. The van der Waals surface area contributed by atoms with Crippen molar-refractivity contribution >= 4 is 40.6 Å². The fourth-order valence-electron chi connectivity index (χ4n) is 2.10. The summed E-state index contributed by atoms with van der Waals surface area (Å²) in [5.74, 6) is -2.41. The Labute approximate surface area is 146 Å². The normalized spacial score (nSPS) is 10.4. The number of hydrogen-bond acceptors (Lipinski definition) is 3. The Bertz CT molecular complexity index is 743. The molecule has 0 fully saturated rings. The van der Waals surface area contributed by atoms with E-state index in [1.54, 1.807) is 0 Å². The second kappa shape index (κ2) is 7.11. The van der Waals surface area contributed by atoms with Gasteiger partial charge in [0.05, 0.1) is 24.3 Å². The molecule has 2 aromatic carbocycles. The third-order valence-corrected chi connectivity index (χ3v) is 3.78. The highest BCUT2D eigenvalue weighted by atomic mass is 35.5. The molecule has 0 aromatic heterocycles. The monoisotopic (exact) mass is 376 g/mol. The molecule has 0 radical (unpaired) electrons. The number of nitrogens with zero attached hydrogens (tertiary/aromatic N) is 1. The number of anilines is 2. The Morgan fingerprint density at radius 1 is 0.958 bits per heavy atom. The summed E-state index contributed by atoms with van der Waals surface area (Å²) < 4.78 is 38.9. The lowest BCUT2D eigenvalue weighted by atomic mass is 10.2. The number of benzene rings is 2. The number of methoxy groups -OCH3 is 2. The Hall–Kier alpha value is -2.25. The molecule has 0 saturated carbocycles. The van der Waals surface area contributed by atoms with Crippen molar-refractivity contribution in [2.75, 3.05) is 19.1 Å². The minimum atomic E-state index is -1.20. The van der Waals surface area contributed by atoms with Crippen molar-refractivity contribution < 1.29 is 23.0 Å². The number of halogens is 4. The summed E-state index contributed by atoms with van der Waals surface area (Å²) in [6.07, 6.45) is 0. The molecule has 0 unspecified atom stereocenters. The summed E-state index contributed by atoms with van der Waals surface area (Å²) in [6.45, 7) is 0. The maximum absolute atomic E-state index is 14.6. The summed E-state index contributed by atoms with van der Waals surface area (Å²) in [4.78, 5) is 12.5. The van der Waals surface area contributed by atoms with Crippen LogP contribution in [-0.2, 0) is 0 Å². The van der Waals surface area contributed by atoms with Gasteiger partial charge in [-0.2, -0.15) is 0 Å². The highest BCUT2D eigenvalue weighted by molar-refractivity contribution is 6.36. The van der Waals surface area contributed by atoms with Crippen LogP contribution in [0.15, 0.2) is 24.3 Å². The first-order valence-corrected chi connectivity index (χ1v) is 7.22. The fourth-order valence-corrected chi connectivity index (χ4v) is 2.56. The number of hydrogen-bond donors (Lipinski definition) is 1. The van der Waals surface area contributed by atoms with E-state index in [9.17, 15) is 13.6 Å². The molecule has 5 nitrogen and oxygen atoms in total. The number of nitrogens with two attached hydrogens (primary N) is 1. The topological polar surface area (TPSA) is 64.8 Å². The Morgan fingerprint density at radius 2 is 1.33 bits per heavy atom. The van der Waals surface area contributed by atoms with E-state index in [0.29, 0.717) is 4.90 Å². The van der Waals surface area contributed by atoms with Crippen LogP contribution in [0.4, 0.5) is 25.0 Å². The number of ether oxygens (including phenoxy) is 2. The van der Waals surface area contributed by atoms with Crippen LogP contribution < -0.4 is 20.1 Å². The van der Waals surface area contributed by atoms with E-state index in [1.165, 1.54) is 38.5 Å². The largest absolute Gasteiger partial charge is 0.494 e. The van der Waals surface area contributed by atoms with Crippen molar-refractivity contribution in [1.29, 1.82) is 0 Å². The first-order chi connectivity index (χ1) is 11.3. The molecule has 2 rings (SSSR count). The highest BCUT2D eigenvalue weighted by Crippen LogP contribution is 2.43. The van der Waals surface area contributed by atoms with Gasteiger partial charge in [0, 0.05) is 0 Å². The fraction of sp³-hybridized carbons (Fsp3) is 0.133. The van der Waals surface area contributed by atoms with Crippen LogP contribution in [0.5, 0.6) is 11.5 Å². The number of amides is 2. The minimum absolute atomic E-state index is 0.189. The van der Waals surface area contributed by atoms with Gasteiger partial charge in [-0.1, -0.05) is 23.2 Å². The molecule has 0 bridgehead atoms. The van der Waals surface area contributed by atoms with Crippen molar-refractivity contribution in [2.24, 2.45) is 5.73 Å². The van der Waals surface area contributed by atoms with Crippen molar-refractivity contribution in [3.8, 4) is 11.5 Å². The Morgan fingerprint density at radius 3 is 1.62 bits per heavy atom. The molecule has 0 heterocycles. The van der Waals surface area contributed by atoms with Gasteiger partial charge in [-0.25, -0.2) is 13.6 Å². The van der Waals surface area contributed by atoms with E-state index in [-0.39, 0.29) is 21.5 Å². The average molecular weight is 377 g/mol. The van der Waals surface area contributed by atoms with E-state index in [1.807, 2.05) is 0 Å². The molecule has 0 aliphatic carbocycles. The minimum Gasteiger partial charge on any atom is -0.494 e. The maximum atomic E-state index is 14.6. The molecule has 0 atom stereocenters. The van der Waals surface area contributed by atoms with Gasteiger partial charge >= 0.3 is 6.03 Å². The number of primary amides is 1. The summed E-state index contributed by atoms with van der Waals surface area (Å²) >= 11 is 12.0. The van der Waals surface area contributed by atoms with Crippen LogP contribution in [0.25, 0.3) is 0 Å². The number of urea groups is 1. The third-order valence-electron chi connectivity index (χ3n) is 3.17. The molecule has 0 saturated heterocycles. The average Bonchev–Trinajstić information content (AvgIpc) is 2.53. The molecular weight excluding hydrogens is 365 g/mol. The molecule has 0 aliphatic rings. The SMILES string of the molecule is COc1ccc(Cl)c(N(C(N)=O)c2c(Cl)ccc(OC)c2F)c1F. The second-order valence-corrected chi connectivity index (χ2v) is 5.31. The van der Waals surface area contributed by atoms with E-state index < -0.39 is 29.0 Å². The summed E-state index contributed by atoms with van der Waals surface area (Å²) in [6, 6.07) is 3.87. The number of rotatable bonds is 4. The predicted molar refractivity (Wildman–Crippen MR) is 87.6 cm³/mol. The molecule has 0 aliphatic heterocycles. The molecular formula is C15H12Cl2F2N2O3. The van der Waals surface area contributed by atoms with E-state index in [0.717, 1.165) is 0 Å². The van der Waals surface area contributed by atoms with Crippen LogP contribution in [0.1, 0.15) is 0 Å². The van der Waals surface area contributed by atoms with Crippen molar-refractivity contribution in [2.45, 2.75) is 0 Å². The summed E-state index contributed by atoms with van der Waals surface area (Å²) in [5, 5.41) is -0.379. The van der Waals surface area contributed by atoms with Gasteiger partial charge in [-0.3, -0.25) is 4.90 Å². The van der Waals surface area contributed by atoms with Crippen LogP contribution in [0.2, 0.25) is 10.0 Å². The van der Waals surface area contributed by atoms with E-state index >= 15 is 0 Å². The third kappa shape index (κ3) is 3.05. The molecule has 2 amide bonds. The summed E-state index contributed by atoms with van der Waals surface area (Å²) in [7, 11) is 2.45. The van der Waals surface area contributed by atoms with Crippen molar-refractivity contribution in [3.63, 3.8) is 0 Å². The molecule has 2 aromatic rings. The zero-order valence-corrected chi connectivity index (χ0v) is 14.1. The molecule has 24 heavy (non-hydrogen) atoms. The van der Waals surface area contributed by atoms with Crippen LogP contribution in [0.3, 0.4) is 0 Å². The molecule has 0 spiro atoms. The lowest BCUT2D eigenvalue weighted by Crippen LogP contribution is -2.33. The Kier molecular flexibility index (Phi) is 5.36. The Balaban J connectivity index is 2.81. The predicted octanol–water partition coefficient (Wildman–Crippen LogP) is 4.51.